The second kappa shape index (κ2) is 11.2. The molecule has 1 aromatic heterocycles. The number of carbonyl (C=O) groups excluding carboxylic acids is 2. The molecule has 2 aromatic rings. The Balaban J connectivity index is 1.60. The minimum Gasteiger partial charge on any atom is -0.444 e. The van der Waals surface area contributed by atoms with Crippen molar-refractivity contribution in [2.75, 3.05) is 11.9 Å². The number of rotatable bonds is 9. The van der Waals surface area contributed by atoms with E-state index >= 15 is 0 Å². The number of hydrogen-bond donors (Lipinski definition) is 2. The van der Waals surface area contributed by atoms with Gasteiger partial charge in [0.15, 0.2) is 0 Å². The molecule has 0 saturated carbocycles. The fraction of sp³-hybridized carbons (Fsp3) is 0.435. The molecule has 6 heteroatoms. The molecule has 2 amide bonds. The van der Waals surface area contributed by atoms with Crippen LogP contribution in [0.4, 0.5) is 10.5 Å². The molecule has 1 heterocycles. The lowest BCUT2D eigenvalue weighted by molar-refractivity contribution is -0.121. The first-order valence-electron chi connectivity index (χ1n) is 10.1. The van der Waals surface area contributed by atoms with Crippen LogP contribution in [-0.4, -0.2) is 29.1 Å². The topological polar surface area (TPSA) is 80.3 Å². The molecule has 0 bridgehead atoms. The molecule has 0 aliphatic heterocycles. The molecule has 2 N–H and O–H groups in total. The molecule has 1 aromatic carbocycles. The van der Waals surface area contributed by atoms with Crippen molar-refractivity contribution >= 4 is 17.7 Å². The van der Waals surface area contributed by atoms with Crippen LogP contribution in [-0.2, 0) is 22.4 Å². The zero-order chi connectivity index (χ0) is 21.1. The summed E-state index contributed by atoms with van der Waals surface area (Å²) in [7, 11) is 0. The summed E-state index contributed by atoms with van der Waals surface area (Å²) in [4.78, 5) is 27.8. The van der Waals surface area contributed by atoms with Crippen LogP contribution in [0.25, 0.3) is 0 Å². The number of carbonyl (C=O) groups is 2. The molecule has 0 fully saturated rings. The van der Waals surface area contributed by atoms with Crippen molar-refractivity contribution in [1.29, 1.82) is 0 Å². The molecule has 0 spiro atoms. The van der Waals surface area contributed by atoms with Gasteiger partial charge in [0.1, 0.15) is 5.60 Å². The number of hydrogen-bond acceptors (Lipinski definition) is 4. The van der Waals surface area contributed by atoms with Gasteiger partial charge in [-0.15, -0.1) is 0 Å². The van der Waals surface area contributed by atoms with Crippen molar-refractivity contribution in [3.8, 4) is 0 Å². The Kier molecular flexibility index (Phi) is 8.65. The van der Waals surface area contributed by atoms with E-state index in [4.69, 9.17) is 4.74 Å². The van der Waals surface area contributed by atoms with Gasteiger partial charge in [0.05, 0.1) is 0 Å². The Morgan fingerprint density at radius 3 is 2.38 bits per heavy atom. The van der Waals surface area contributed by atoms with E-state index in [1.807, 2.05) is 63.4 Å². The number of aryl methyl sites for hydroxylation is 2. The van der Waals surface area contributed by atoms with Gasteiger partial charge in [-0.1, -0.05) is 18.2 Å². The summed E-state index contributed by atoms with van der Waals surface area (Å²) in [5.41, 5.74) is 2.49. The smallest absolute Gasteiger partial charge is 0.412 e. The third-order valence-corrected chi connectivity index (χ3v) is 4.16. The van der Waals surface area contributed by atoms with Gasteiger partial charge in [0.2, 0.25) is 5.91 Å². The second-order valence-corrected chi connectivity index (χ2v) is 7.99. The maximum absolute atomic E-state index is 11.9. The lowest BCUT2D eigenvalue weighted by atomic mass is 10.1. The van der Waals surface area contributed by atoms with E-state index in [9.17, 15) is 9.59 Å². The van der Waals surface area contributed by atoms with Crippen molar-refractivity contribution in [1.82, 2.24) is 10.3 Å². The highest BCUT2D eigenvalue weighted by atomic mass is 16.6. The highest BCUT2D eigenvalue weighted by molar-refractivity contribution is 5.84. The molecule has 0 radical (unpaired) electrons. The van der Waals surface area contributed by atoms with E-state index in [1.54, 1.807) is 6.20 Å². The Morgan fingerprint density at radius 1 is 1.00 bits per heavy atom. The monoisotopic (exact) mass is 397 g/mol. The predicted molar refractivity (Wildman–Crippen MR) is 115 cm³/mol. The van der Waals surface area contributed by atoms with E-state index < -0.39 is 11.7 Å². The quantitative estimate of drug-likeness (QED) is 0.611. The summed E-state index contributed by atoms with van der Waals surface area (Å²) in [5, 5.41) is 5.69. The number of nitrogens with one attached hydrogen (secondary N) is 2. The van der Waals surface area contributed by atoms with Crippen molar-refractivity contribution in [2.45, 2.75) is 58.5 Å². The molecular formula is C23H31N3O3. The zero-order valence-electron chi connectivity index (χ0n) is 17.5. The average Bonchev–Trinajstić information content (AvgIpc) is 2.66. The number of amides is 2. The van der Waals surface area contributed by atoms with E-state index in [1.165, 1.54) is 0 Å². The first-order chi connectivity index (χ1) is 13.8. The lowest BCUT2D eigenvalue weighted by Crippen LogP contribution is -2.27. The Labute approximate surface area is 173 Å². The molecule has 0 atom stereocenters. The first kappa shape index (κ1) is 22.4. The van der Waals surface area contributed by atoms with Gasteiger partial charge in [-0.3, -0.25) is 15.1 Å². The summed E-state index contributed by atoms with van der Waals surface area (Å²) in [6, 6.07) is 11.6. The van der Waals surface area contributed by atoms with Gasteiger partial charge in [0.25, 0.3) is 0 Å². The van der Waals surface area contributed by atoms with Crippen LogP contribution in [0.3, 0.4) is 0 Å². The van der Waals surface area contributed by atoms with E-state index in [0.29, 0.717) is 18.7 Å². The average molecular weight is 398 g/mol. The number of aromatic nitrogens is 1. The van der Waals surface area contributed by atoms with Crippen LogP contribution in [0.1, 0.15) is 51.2 Å². The van der Waals surface area contributed by atoms with Gasteiger partial charge in [-0.05, 0) is 75.8 Å². The molecule has 0 saturated heterocycles. The number of ether oxygens (including phenoxy) is 1. The summed E-state index contributed by atoms with van der Waals surface area (Å²) in [6.07, 6.45) is 7.08. The van der Waals surface area contributed by atoms with Crippen LogP contribution in [0.15, 0.2) is 48.8 Å². The van der Waals surface area contributed by atoms with Gasteiger partial charge < -0.3 is 10.1 Å². The summed E-state index contributed by atoms with van der Waals surface area (Å²) >= 11 is 0. The number of anilines is 1. The fourth-order valence-electron chi connectivity index (χ4n) is 2.78. The first-order valence-corrected chi connectivity index (χ1v) is 10.1. The maximum Gasteiger partial charge on any atom is 0.412 e. The fourth-order valence-corrected chi connectivity index (χ4v) is 2.78. The number of nitrogens with zero attached hydrogens (tertiary/aromatic N) is 1. The van der Waals surface area contributed by atoms with Crippen molar-refractivity contribution in [3.05, 3.63) is 59.9 Å². The highest BCUT2D eigenvalue weighted by Gasteiger charge is 2.16. The molecule has 0 aliphatic rings. The van der Waals surface area contributed by atoms with Gasteiger partial charge in [0, 0.05) is 31.0 Å². The largest absolute Gasteiger partial charge is 0.444 e. The Bertz CT molecular complexity index is 768. The normalized spacial score (nSPS) is 11.0. The highest BCUT2D eigenvalue weighted by Crippen LogP contribution is 2.13. The third kappa shape index (κ3) is 9.74. The summed E-state index contributed by atoms with van der Waals surface area (Å²) in [5.74, 6) is 0.0887. The minimum absolute atomic E-state index is 0.0887. The predicted octanol–water partition coefficient (Wildman–Crippen LogP) is 4.50. The molecule has 29 heavy (non-hydrogen) atoms. The van der Waals surface area contributed by atoms with Crippen LogP contribution in [0, 0.1) is 0 Å². The van der Waals surface area contributed by atoms with E-state index in [0.717, 1.165) is 36.8 Å². The zero-order valence-corrected chi connectivity index (χ0v) is 17.5. The number of benzene rings is 1. The van der Waals surface area contributed by atoms with Crippen molar-refractivity contribution in [2.24, 2.45) is 0 Å². The molecule has 0 aliphatic carbocycles. The van der Waals surface area contributed by atoms with E-state index in [2.05, 4.69) is 15.6 Å². The molecule has 0 unspecified atom stereocenters. The van der Waals surface area contributed by atoms with Crippen molar-refractivity contribution in [3.63, 3.8) is 0 Å². The SMILES string of the molecule is CC(C)(C)OC(=O)Nc1ccc(CCCNC(=O)CCCc2cccnc2)cc1. The van der Waals surface area contributed by atoms with Gasteiger partial charge in [-0.25, -0.2) is 4.79 Å². The molecule has 6 nitrogen and oxygen atoms in total. The van der Waals surface area contributed by atoms with E-state index in [-0.39, 0.29) is 5.91 Å². The number of pyridine rings is 1. The van der Waals surface area contributed by atoms with Gasteiger partial charge in [-0.2, -0.15) is 0 Å². The summed E-state index contributed by atoms with van der Waals surface area (Å²) in [6.45, 7) is 6.14. The Hall–Kier alpha value is -2.89. The minimum atomic E-state index is -0.521. The molecule has 2 rings (SSSR count). The summed E-state index contributed by atoms with van der Waals surface area (Å²) < 4.78 is 5.23. The molecule has 156 valence electrons. The standard InChI is InChI=1S/C23H31N3O3/c1-23(2,3)29-22(28)26-20-13-11-18(12-14-20)8-6-16-25-21(27)10-4-7-19-9-5-15-24-17-19/h5,9,11-15,17H,4,6-8,10,16H2,1-3H3,(H,25,27)(H,26,28). The maximum atomic E-state index is 11.9. The van der Waals surface area contributed by atoms with Gasteiger partial charge >= 0.3 is 6.09 Å². The lowest BCUT2D eigenvalue weighted by Gasteiger charge is -2.19. The third-order valence-electron chi connectivity index (χ3n) is 4.16. The van der Waals surface area contributed by atoms with Crippen LogP contribution >= 0.6 is 0 Å². The second-order valence-electron chi connectivity index (χ2n) is 7.99. The van der Waals surface area contributed by atoms with Crippen LogP contribution in [0.5, 0.6) is 0 Å². The Morgan fingerprint density at radius 2 is 1.72 bits per heavy atom. The van der Waals surface area contributed by atoms with Crippen LogP contribution < -0.4 is 10.6 Å². The van der Waals surface area contributed by atoms with Crippen molar-refractivity contribution < 1.29 is 14.3 Å². The van der Waals surface area contributed by atoms with Crippen LogP contribution in [0.2, 0.25) is 0 Å². The molecular weight excluding hydrogens is 366 g/mol.